The summed E-state index contributed by atoms with van der Waals surface area (Å²) >= 11 is 0. The molecule has 3 heterocycles. The van der Waals surface area contributed by atoms with Gasteiger partial charge in [-0.2, -0.15) is 0 Å². The number of nitrogens with zero attached hydrogens (tertiary/aromatic N) is 4. The van der Waals surface area contributed by atoms with Gasteiger partial charge in [0.25, 0.3) is 5.91 Å². The SMILES string of the molecule is Cc1nc([C@@H]2CCCCN2Cc2cccnc2)ncc1C(=O)Nc1ccccc1. The molecule has 6 nitrogen and oxygen atoms in total. The fourth-order valence-electron chi connectivity index (χ4n) is 3.79. The number of aromatic nitrogens is 3. The molecule has 1 aromatic carbocycles. The Morgan fingerprint density at radius 3 is 2.76 bits per heavy atom. The zero-order valence-corrected chi connectivity index (χ0v) is 16.6. The van der Waals surface area contributed by atoms with Crippen LogP contribution < -0.4 is 5.32 Å². The molecule has 1 aliphatic rings. The van der Waals surface area contributed by atoms with Crippen LogP contribution in [0.4, 0.5) is 5.69 Å². The minimum Gasteiger partial charge on any atom is -0.322 e. The Hall–Kier alpha value is -3.12. The molecule has 0 bridgehead atoms. The molecule has 0 unspecified atom stereocenters. The number of amides is 1. The van der Waals surface area contributed by atoms with Gasteiger partial charge < -0.3 is 5.32 Å². The van der Waals surface area contributed by atoms with E-state index in [0.717, 1.165) is 37.4 Å². The number of hydrogen-bond donors (Lipinski definition) is 1. The van der Waals surface area contributed by atoms with Gasteiger partial charge in [-0.25, -0.2) is 9.97 Å². The first-order chi connectivity index (χ1) is 14.2. The zero-order valence-electron chi connectivity index (χ0n) is 16.6. The van der Waals surface area contributed by atoms with Gasteiger partial charge in [0.15, 0.2) is 0 Å². The van der Waals surface area contributed by atoms with E-state index < -0.39 is 0 Å². The second-order valence-electron chi connectivity index (χ2n) is 7.39. The highest BCUT2D eigenvalue weighted by Gasteiger charge is 2.27. The van der Waals surface area contributed by atoms with E-state index in [-0.39, 0.29) is 11.9 Å². The smallest absolute Gasteiger partial charge is 0.259 e. The van der Waals surface area contributed by atoms with Gasteiger partial charge in [0, 0.05) is 30.8 Å². The molecule has 148 valence electrons. The molecule has 4 rings (SSSR count). The monoisotopic (exact) mass is 387 g/mol. The summed E-state index contributed by atoms with van der Waals surface area (Å²) in [5, 5.41) is 2.90. The van der Waals surface area contributed by atoms with E-state index in [4.69, 9.17) is 4.98 Å². The van der Waals surface area contributed by atoms with E-state index in [1.54, 1.807) is 12.4 Å². The van der Waals surface area contributed by atoms with Crippen LogP contribution in [0.2, 0.25) is 0 Å². The second kappa shape index (κ2) is 8.92. The highest BCUT2D eigenvalue weighted by atomic mass is 16.1. The van der Waals surface area contributed by atoms with Gasteiger partial charge in [0.1, 0.15) is 5.82 Å². The van der Waals surface area contributed by atoms with Crippen LogP contribution in [0.3, 0.4) is 0 Å². The molecule has 0 aliphatic carbocycles. The van der Waals surface area contributed by atoms with Crippen molar-refractivity contribution >= 4 is 11.6 Å². The van der Waals surface area contributed by atoms with E-state index >= 15 is 0 Å². The first kappa shape index (κ1) is 19.2. The van der Waals surface area contributed by atoms with Crippen molar-refractivity contribution in [1.82, 2.24) is 19.9 Å². The lowest BCUT2D eigenvalue weighted by Gasteiger charge is -2.34. The van der Waals surface area contributed by atoms with Crippen molar-refractivity contribution in [1.29, 1.82) is 0 Å². The molecule has 2 aromatic heterocycles. The maximum absolute atomic E-state index is 12.6. The molecule has 29 heavy (non-hydrogen) atoms. The van der Waals surface area contributed by atoms with Crippen molar-refractivity contribution < 1.29 is 4.79 Å². The summed E-state index contributed by atoms with van der Waals surface area (Å²) in [7, 11) is 0. The molecule has 6 heteroatoms. The van der Waals surface area contributed by atoms with Crippen molar-refractivity contribution in [2.45, 2.75) is 38.8 Å². The van der Waals surface area contributed by atoms with Crippen molar-refractivity contribution in [2.75, 3.05) is 11.9 Å². The second-order valence-corrected chi connectivity index (χ2v) is 7.39. The van der Waals surface area contributed by atoms with Crippen LogP contribution in [0, 0.1) is 6.92 Å². The summed E-state index contributed by atoms with van der Waals surface area (Å²) in [4.78, 5) is 28.6. The Balaban J connectivity index is 1.51. The number of likely N-dealkylation sites (tertiary alicyclic amines) is 1. The molecule has 3 aromatic rings. The third kappa shape index (κ3) is 4.66. The topological polar surface area (TPSA) is 71.0 Å². The summed E-state index contributed by atoms with van der Waals surface area (Å²) in [5.41, 5.74) is 3.16. The molecule has 1 fully saturated rings. The molecule has 1 N–H and O–H groups in total. The average molecular weight is 387 g/mol. The first-order valence-corrected chi connectivity index (χ1v) is 10.0. The van der Waals surface area contributed by atoms with Crippen LogP contribution >= 0.6 is 0 Å². The fourth-order valence-corrected chi connectivity index (χ4v) is 3.79. The lowest BCUT2D eigenvalue weighted by molar-refractivity contribution is 0.102. The quantitative estimate of drug-likeness (QED) is 0.712. The average Bonchev–Trinajstić information content (AvgIpc) is 2.75. The Labute approximate surface area is 171 Å². The third-order valence-corrected chi connectivity index (χ3v) is 5.29. The van der Waals surface area contributed by atoms with Crippen molar-refractivity contribution in [2.24, 2.45) is 0 Å². The number of hydrogen-bond acceptors (Lipinski definition) is 5. The number of carbonyl (C=O) groups excluding carboxylic acids is 1. The number of pyridine rings is 1. The van der Waals surface area contributed by atoms with Crippen LogP contribution in [-0.2, 0) is 6.54 Å². The molecule has 0 radical (unpaired) electrons. The summed E-state index contributed by atoms with van der Waals surface area (Å²) in [5.74, 6) is 0.610. The molecule has 1 atom stereocenters. The summed E-state index contributed by atoms with van der Waals surface area (Å²) in [6.45, 7) is 3.72. The number of para-hydroxylation sites is 1. The van der Waals surface area contributed by atoms with Gasteiger partial charge in [-0.3, -0.25) is 14.7 Å². The van der Waals surface area contributed by atoms with Gasteiger partial charge in [-0.1, -0.05) is 30.7 Å². The van der Waals surface area contributed by atoms with Crippen LogP contribution in [0.15, 0.2) is 61.1 Å². The van der Waals surface area contributed by atoms with Crippen LogP contribution in [0.25, 0.3) is 0 Å². The van der Waals surface area contributed by atoms with Crippen molar-refractivity contribution in [3.05, 3.63) is 83.7 Å². The van der Waals surface area contributed by atoms with E-state index in [0.29, 0.717) is 11.3 Å². The minimum absolute atomic E-state index is 0.161. The Kier molecular flexibility index (Phi) is 5.91. The van der Waals surface area contributed by atoms with Gasteiger partial charge in [0.05, 0.1) is 17.3 Å². The standard InChI is InChI=1S/C23H25N5O/c1-17-20(23(29)27-19-9-3-2-4-10-19)15-25-22(26-17)21-11-5-6-13-28(21)16-18-8-7-12-24-14-18/h2-4,7-10,12,14-15,21H,5-6,11,13,16H2,1H3,(H,27,29)/t21-/m0/s1. The Bertz CT molecular complexity index is 962. The predicted octanol–water partition coefficient (Wildman–Crippen LogP) is 4.16. The van der Waals surface area contributed by atoms with E-state index in [1.807, 2.05) is 49.5 Å². The first-order valence-electron chi connectivity index (χ1n) is 10.0. The summed E-state index contributed by atoms with van der Waals surface area (Å²) in [6.07, 6.45) is 8.72. The largest absolute Gasteiger partial charge is 0.322 e. The number of benzene rings is 1. The lowest BCUT2D eigenvalue weighted by Crippen LogP contribution is -2.34. The van der Waals surface area contributed by atoms with Crippen LogP contribution in [0.1, 0.15) is 52.7 Å². The highest BCUT2D eigenvalue weighted by molar-refractivity contribution is 6.04. The predicted molar refractivity (Wildman–Crippen MR) is 112 cm³/mol. The fraction of sp³-hybridized carbons (Fsp3) is 0.304. The van der Waals surface area contributed by atoms with E-state index in [9.17, 15) is 4.79 Å². The summed E-state index contributed by atoms with van der Waals surface area (Å²) < 4.78 is 0. The number of piperidine rings is 1. The van der Waals surface area contributed by atoms with E-state index in [2.05, 4.69) is 26.3 Å². The molecule has 0 spiro atoms. The minimum atomic E-state index is -0.184. The maximum atomic E-state index is 12.6. The van der Waals surface area contributed by atoms with Crippen LogP contribution in [0.5, 0.6) is 0 Å². The lowest BCUT2D eigenvalue weighted by atomic mass is 10.0. The van der Waals surface area contributed by atoms with Crippen molar-refractivity contribution in [3.8, 4) is 0 Å². The van der Waals surface area contributed by atoms with Gasteiger partial charge in [-0.15, -0.1) is 0 Å². The van der Waals surface area contributed by atoms with Crippen LogP contribution in [-0.4, -0.2) is 32.3 Å². The maximum Gasteiger partial charge on any atom is 0.259 e. The molecular formula is C23H25N5O. The van der Waals surface area contributed by atoms with Gasteiger partial charge in [-0.05, 0) is 50.1 Å². The number of nitrogens with one attached hydrogen (secondary N) is 1. The number of anilines is 1. The highest BCUT2D eigenvalue weighted by Crippen LogP contribution is 2.30. The van der Waals surface area contributed by atoms with E-state index in [1.165, 1.54) is 12.0 Å². The Morgan fingerprint density at radius 1 is 1.14 bits per heavy atom. The number of rotatable bonds is 5. The molecule has 1 saturated heterocycles. The summed E-state index contributed by atoms with van der Waals surface area (Å²) in [6, 6.07) is 13.6. The van der Waals surface area contributed by atoms with Gasteiger partial charge in [0.2, 0.25) is 0 Å². The van der Waals surface area contributed by atoms with Gasteiger partial charge >= 0.3 is 0 Å². The van der Waals surface area contributed by atoms with Crippen molar-refractivity contribution in [3.63, 3.8) is 0 Å². The zero-order chi connectivity index (χ0) is 20.1. The molecule has 0 saturated carbocycles. The molecular weight excluding hydrogens is 362 g/mol. The normalized spacial score (nSPS) is 17.1. The number of aryl methyl sites for hydroxylation is 1. The molecule has 1 aliphatic heterocycles. The Morgan fingerprint density at radius 2 is 2.00 bits per heavy atom. The third-order valence-electron chi connectivity index (χ3n) is 5.29. The number of carbonyl (C=O) groups is 1. The molecule has 1 amide bonds.